The third-order valence-corrected chi connectivity index (χ3v) is 5.64. The molecule has 1 atom stereocenters. The highest BCUT2D eigenvalue weighted by molar-refractivity contribution is 8.14. The summed E-state index contributed by atoms with van der Waals surface area (Å²) in [7, 11) is 0. The third kappa shape index (κ3) is 4.18. The predicted molar refractivity (Wildman–Crippen MR) is 105 cm³/mol. The summed E-state index contributed by atoms with van der Waals surface area (Å²) in [4.78, 5) is 25.7. The Balaban J connectivity index is 1.90. The molecule has 26 heavy (non-hydrogen) atoms. The van der Waals surface area contributed by atoms with Gasteiger partial charge in [-0.05, 0) is 30.5 Å². The Hall–Kier alpha value is -2.07. The van der Waals surface area contributed by atoms with Crippen LogP contribution in [0.15, 0.2) is 60.7 Å². The van der Waals surface area contributed by atoms with Crippen LogP contribution in [0.1, 0.15) is 55.6 Å². The highest BCUT2D eigenvalue weighted by Crippen LogP contribution is 2.60. The number of carbonyl (C=O) groups is 2. The van der Waals surface area contributed by atoms with Gasteiger partial charge in [0.1, 0.15) is 6.10 Å². The first-order chi connectivity index (χ1) is 12.3. The fourth-order valence-corrected chi connectivity index (χ4v) is 4.04. The molecule has 0 N–H and O–H groups in total. The lowest BCUT2D eigenvalue weighted by atomic mass is 9.93. The van der Waals surface area contributed by atoms with Gasteiger partial charge in [0.25, 0.3) is 0 Å². The molecule has 1 aliphatic rings. The number of carbonyl (C=O) groups excluding carboxylic acids is 2. The lowest BCUT2D eigenvalue weighted by Gasteiger charge is -2.28. The SMILES string of the molecule is CC(C)(C)SC(=O)C1(C(OC(=O)c2ccccc2)c2ccccc2)CC1. The van der Waals surface area contributed by atoms with Gasteiger partial charge in [0.05, 0.1) is 11.0 Å². The molecule has 0 bridgehead atoms. The number of hydrogen-bond donors (Lipinski definition) is 0. The van der Waals surface area contributed by atoms with Crippen molar-refractivity contribution >= 4 is 22.8 Å². The first-order valence-electron chi connectivity index (χ1n) is 8.86. The lowest BCUT2D eigenvalue weighted by molar-refractivity contribution is -0.120. The molecule has 0 radical (unpaired) electrons. The zero-order valence-electron chi connectivity index (χ0n) is 15.4. The Kier molecular flexibility index (Phi) is 5.24. The van der Waals surface area contributed by atoms with Crippen LogP contribution in [0.25, 0.3) is 0 Å². The van der Waals surface area contributed by atoms with E-state index in [9.17, 15) is 9.59 Å². The van der Waals surface area contributed by atoms with Crippen molar-refractivity contribution in [1.29, 1.82) is 0 Å². The Morgan fingerprint density at radius 1 is 0.962 bits per heavy atom. The summed E-state index contributed by atoms with van der Waals surface area (Å²) in [5.41, 5.74) is 0.751. The van der Waals surface area contributed by atoms with E-state index in [1.54, 1.807) is 12.1 Å². The summed E-state index contributed by atoms with van der Waals surface area (Å²) >= 11 is 1.34. The van der Waals surface area contributed by atoms with E-state index in [4.69, 9.17) is 4.74 Å². The van der Waals surface area contributed by atoms with Crippen molar-refractivity contribution in [1.82, 2.24) is 0 Å². The molecular formula is C22H24O3S. The van der Waals surface area contributed by atoms with Crippen molar-refractivity contribution in [3.8, 4) is 0 Å². The Bertz CT molecular complexity index is 774. The van der Waals surface area contributed by atoms with E-state index in [2.05, 4.69) is 0 Å². The smallest absolute Gasteiger partial charge is 0.338 e. The van der Waals surface area contributed by atoms with Crippen LogP contribution in [0.5, 0.6) is 0 Å². The zero-order valence-corrected chi connectivity index (χ0v) is 16.2. The van der Waals surface area contributed by atoms with Crippen molar-refractivity contribution in [2.24, 2.45) is 5.41 Å². The number of benzene rings is 2. The molecule has 4 heteroatoms. The van der Waals surface area contributed by atoms with E-state index >= 15 is 0 Å². The Morgan fingerprint density at radius 3 is 2.00 bits per heavy atom. The fourth-order valence-electron chi connectivity index (χ4n) is 2.96. The predicted octanol–water partition coefficient (Wildman–Crippen LogP) is 5.42. The van der Waals surface area contributed by atoms with Gasteiger partial charge in [-0.25, -0.2) is 4.79 Å². The van der Waals surface area contributed by atoms with Crippen molar-refractivity contribution in [3.63, 3.8) is 0 Å². The quantitative estimate of drug-likeness (QED) is 0.661. The number of hydrogen-bond acceptors (Lipinski definition) is 4. The molecule has 2 aromatic carbocycles. The van der Waals surface area contributed by atoms with E-state index in [-0.39, 0.29) is 15.8 Å². The molecule has 136 valence electrons. The number of ether oxygens (including phenoxy) is 1. The summed E-state index contributed by atoms with van der Waals surface area (Å²) in [5, 5.41) is 0.111. The summed E-state index contributed by atoms with van der Waals surface area (Å²) in [6, 6.07) is 18.5. The maximum Gasteiger partial charge on any atom is 0.338 e. The Morgan fingerprint density at radius 2 is 1.50 bits per heavy atom. The van der Waals surface area contributed by atoms with Gasteiger partial charge >= 0.3 is 5.97 Å². The molecular weight excluding hydrogens is 344 g/mol. The van der Waals surface area contributed by atoms with E-state index in [1.165, 1.54) is 11.8 Å². The van der Waals surface area contributed by atoms with Crippen LogP contribution in [-0.4, -0.2) is 15.8 Å². The first-order valence-corrected chi connectivity index (χ1v) is 9.68. The molecule has 0 aliphatic heterocycles. The molecule has 3 rings (SSSR count). The standard InChI is InChI=1S/C22H24O3S/c1-21(2,3)26-20(24)22(14-15-22)18(16-10-6-4-7-11-16)25-19(23)17-12-8-5-9-13-17/h4-13,18H,14-15H2,1-3H3. The highest BCUT2D eigenvalue weighted by atomic mass is 32.2. The number of esters is 1. The van der Waals surface area contributed by atoms with Gasteiger partial charge < -0.3 is 4.74 Å². The molecule has 1 aliphatic carbocycles. The van der Waals surface area contributed by atoms with Crippen LogP contribution in [0.3, 0.4) is 0 Å². The minimum absolute atomic E-state index is 0.111. The topological polar surface area (TPSA) is 43.4 Å². The van der Waals surface area contributed by atoms with Crippen LogP contribution in [0.2, 0.25) is 0 Å². The maximum absolute atomic E-state index is 13.0. The lowest BCUT2D eigenvalue weighted by Crippen LogP contribution is -2.29. The van der Waals surface area contributed by atoms with Crippen LogP contribution < -0.4 is 0 Å². The summed E-state index contributed by atoms with van der Waals surface area (Å²) < 4.78 is 5.74. The van der Waals surface area contributed by atoms with E-state index in [1.807, 2.05) is 69.3 Å². The summed E-state index contributed by atoms with van der Waals surface area (Å²) in [5.74, 6) is -0.390. The molecule has 0 saturated heterocycles. The van der Waals surface area contributed by atoms with Crippen LogP contribution in [0.4, 0.5) is 0 Å². The van der Waals surface area contributed by atoms with Crippen LogP contribution in [0, 0.1) is 5.41 Å². The van der Waals surface area contributed by atoms with Crippen molar-refractivity contribution in [3.05, 3.63) is 71.8 Å². The highest BCUT2D eigenvalue weighted by Gasteiger charge is 2.58. The minimum Gasteiger partial charge on any atom is -0.453 e. The average Bonchev–Trinajstić information content (AvgIpc) is 3.41. The normalized spacial score (nSPS) is 16.6. The molecule has 0 heterocycles. The van der Waals surface area contributed by atoms with Gasteiger partial charge in [0.15, 0.2) is 5.12 Å². The molecule has 2 aromatic rings. The second-order valence-corrected chi connectivity index (χ2v) is 9.52. The molecule has 1 fully saturated rings. The van der Waals surface area contributed by atoms with Gasteiger partial charge in [-0.15, -0.1) is 0 Å². The van der Waals surface area contributed by atoms with Crippen LogP contribution >= 0.6 is 11.8 Å². The first kappa shape index (κ1) is 18.7. The van der Waals surface area contributed by atoms with Gasteiger partial charge in [-0.1, -0.05) is 81.1 Å². The molecule has 0 spiro atoms. The Labute approximate surface area is 159 Å². The maximum atomic E-state index is 13.0. The van der Waals surface area contributed by atoms with Gasteiger partial charge in [-0.2, -0.15) is 0 Å². The molecule has 1 unspecified atom stereocenters. The second-order valence-electron chi connectivity index (χ2n) is 7.72. The summed E-state index contributed by atoms with van der Waals surface area (Å²) in [6.45, 7) is 6.08. The third-order valence-electron chi connectivity index (χ3n) is 4.43. The fraction of sp³-hybridized carbons (Fsp3) is 0.364. The van der Waals surface area contributed by atoms with Gasteiger partial charge in [0, 0.05) is 4.75 Å². The van der Waals surface area contributed by atoms with Crippen molar-refractivity contribution in [2.75, 3.05) is 0 Å². The molecule has 1 saturated carbocycles. The minimum atomic E-state index is -0.621. The zero-order chi connectivity index (χ0) is 18.8. The molecule has 0 amide bonds. The van der Waals surface area contributed by atoms with E-state index in [0.29, 0.717) is 5.56 Å². The van der Waals surface area contributed by atoms with E-state index < -0.39 is 11.5 Å². The monoisotopic (exact) mass is 368 g/mol. The largest absolute Gasteiger partial charge is 0.453 e. The van der Waals surface area contributed by atoms with Crippen LogP contribution in [-0.2, 0) is 9.53 Å². The van der Waals surface area contributed by atoms with Crippen molar-refractivity contribution in [2.45, 2.75) is 44.5 Å². The molecule has 0 aromatic heterocycles. The number of thioether (sulfide) groups is 1. The number of rotatable bonds is 5. The van der Waals surface area contributed by atoms with Gasteiger partial charge in [0.2, 0.25) is 0 Å². The second kappa shape index (κ2) is 7.28. The average molecular weight is 368 g/mol. The van der Waals surface area contributed by atoms with E-state index in [0.717, 1.165) is 18.4 Å². The van der Waals surface area contributed by atoms with Gasteiger partial charge in [-0.3, -0.25) is 4.79 Å². The summed E-state index contributed by atoms with van der Waals surface area (Å²) in [6.07, 6.45) is 0.936. The molecule has 3 nitrogen and oxygen atoms in total. The van der Waals surface area contributed by atoms with Crippen molar-refractivity contribution < 1.29 is 14.3 Å².